The van der Waals surface area contributed by atoms with Crippen LogP contribution in [0.3, 0.4) is 0 Å². The van der Waals surface area contributed by atoms with E-state index in [1.54, 1.807) is 7.05 Å². The lowest BCUT2D eigenvalue weighted by atomic mass is 10.0. The minimum absolute atomic E-state index is 0.0826. The average Bonchev–Trinajstić information content (AvgIpc) is 2.95. The van der Waals surface area contributed by atoms with Gasteiger partial charge in [-0.2, -0.15) is 0 Å². The smallest absolute Gasteiger partial charge is 0.321 e. The normalized spacial score (nSPS) is 15.0. The first kappa shape index (κ1) is 22.5. The first-order valence-corrected chi connectivity index (χ1v) is 10.3. The van der Waals surface area contributed by atoms with E-state index in [0.29, 0.717) is 11.4 Å². The van der Waals surface area contributed by atoms with Crippen molar-refractivity contribution in [3.63, 3.8) is 0 Å². The molecule has 10 heteroatoms. The summed E-state index contributed by atoms with van der Waals surface area (Å²) in [7, 11) is 2.99. The second-order valence-corrected chi connectivity index (χ2v) is 7.40. The highest BCUT2D eigenvalue weighted by Crippen LogP contribution is 2.29. The lowest BCUT2D eigenvalue weighted by Crippen LogP contribution is -2.47. The molecule has 0 bridgehead atoms. The van der Waals surface area contributed by atoms with Gasteiger partial charge in [0.25, 0.3) is 11.6 Å². The van der Waals surface area contributed by atoms with Crippen LogP contribution in [0.5, 0.6) is 5.75 Å². The molecule has 3 aromatic rings. The Kier molecular flexibility index (Phi) is 6.22. The van der Waals surface area contributed by atoms with E-state index in [-0.39, 0.29) is 17.1 Å². The van der Waals surface area contributed by atoms with Gasteiger partial charge in [0.2, 0.25) is 6.17 Å². The highest BCUT2D eigenvalue weighted by Gasteiger charge is 2.31. The number of hydrogen-bond donors (Lipinski definition) is 2. The SMILES string of the molecule is COc1ccc([N+](=O)[O-])cc1NC(=O)N[C@@H]1N=C(c2ccccc2)c2ccccc2N(C)C1=O. The topological polar surface area (TPSA) is 126 Å². The number of likely N-dealkylation sites (N-methyl/N-ethyl adjacent to an activating group) is 1. The number of amides is 3. The molecule has 0 aromatic heterocycles. The number of anilines is 2. The van der Waals surface area contributed by atoms with Gasteiger partial charge in [0.05, 0.1) is 29.1 Å². The molecule has 10 nitrogen and oxygen atoms in total. The molecule has 0 fully saturated rings. The summed E-state index contributed by atoms with van der Waals surface area (Å²) in [6, 6.07) is 19.7. The van der Waals surface area contributed by atoms with Gasteiger partial charge in [-0.15, -0.1) is 0 Å². The fourth-order valence-corrected chi connectivity index (χ4v) is 3.63. The van der Waals surface area contributed by atoms with Crippen molar-refractivity contribution in [2.24, 2.45) is 4.99 Å². The summed E-state index contributed by atoms with van der Waals surface area (Å²) in [5.41, 5.74) is 2.59. The number of carbonyl (C=O) groups excluding carboxylic acids is 2. The minimum atomic E-state index is -1.24. The molecular weight excluding hydrogens is 438 g/mol. The molecule has 1 aliphatic heterocycles. The Bertz CT molecular complexity index is 1290. The lowest BCUT2D eigenvalue weighted by molar-refractivity contribution is -0.384. The Morgan fingerprint density at radius 2 is 1.79 bits per heavy atom. The van der Waals surface area contributed by atoms with E-state index < -0.39 is 23.0 Å². The van der Waals surface area contributed by atoms with E-state index in [9.17, 15) is 19.7 Å². The maximum atomic E-state index is 13.2. The number of carbonyl (C=O) groups is 2. The van der Waals surface area contributed by atoms with Crippen molar-refractivity contribution in [1.29, 1.82) is 0 Å². The summed E-state index contributed by atoms with van der Waals surface area (Å²) in [6.07, 6.45) is -1.24. The maximum Gasteiger partial charge on any atom is 0.321 e. The van der Waals surface area contributed by atoms with Crippen LogP contribution < -0.4 is 20.3 Å². The van der Waals surface area contributed by atoms with Crippen LogP contribution in [-0.4, -0.2) is 42.9 Å². The number of urea groups is 1. The number of fused-ring (bicyclic) bond motifs is 1. The van der Waals surface area contributed by atoms with Crippen LogP contribution in [-0.2, 0) is 4.79 Å². The summed E-state index contributed by atoms with van der Waals surface area (Å²) in [5.74, 6) is -0.217. The summed E-state index contributed by atoms with van der Waals surface area (Å²) in [4.78, 5) is 42.6. The number of para-hydroxylation sites is 1. The number of methoxy groups -OCH3 is 1. The minimum Gasteiger partial charge on any atom is -0.495 e. The Morgan fingerprint density at radius 1 is 1.09 bits per heavy atom. The quantitative estimate of drug-likeness (QED) is 0.446. The van der Waals surface area contributed by atoms with E-state index in [1.165, 1.54) is 30.2 Å². The number of nitrogens with zero attached hydrogens (tertiary/aromatic N) is 3. The summed E-state index contributed by atoms with van der Waals surface area (Å²) in [5, 5.41) is 16.2. The lowest BCUT2D eigenvalue weighted by Gasteiger charge is -2.21. The van der Waals surface area contributed by atoms with Crippen molar-refractivity contribution in [2.45, 2.75) is 6.17 Å². The van der Waals surface area contributed by atoms with E-state index in [2.05, 4.69) is 15.6 Å². The third-order valence-electron chi connectivity index (χ3n) is 5.30. The van der Waals surface area contributed by atoms with Crippen LogP contribution in [0.15, 0.2) is 77.8 Å². The number of ether oxygens (including phenoxy) is 1. The summed E-state index contributed by atoms with van der Waals surface area (Å²) in [6.45, 7) is 0. The largest absolute Gasteiger partial charge is 0.495 e. The predicted molar refractivity (Wildman–Crippen MR) is 128 cm³/mol. The number of aliphatic imine (C=N–C) groups is 1. The molecule has 3 amide bonds. The Hall–Kier alpha value is -4.73. The molecule has 1 aliphatic rings. The van der Waals surface area contributed by atoms with E-state index in [0.717, 1.165) is 11.1 Å². The summed E-state index contributed by atoms with van der Waals surface area (Å²) < 4.78 is 5.18. The van der Waals surface area contributed by atoms with Crippen molar-refractivity contribution in [3.05, 3.63) is 94.0 Å². The number of rotatable bonds is 5. The Labute approximate surface area is 195 Å². The number of nitro benzene ring substituents is 1. The second kappa shape index (κ2) is 9.41. The van der Waals surface area contributed by atoms with E-state index in [4.69, 9.17) is 4.74 Å². The zero-order valence-electron chi connectivity index (χ0n) is 18.4. The highest BCUT2D eigenvalue weighted by molar-refractivity contribution is 6.20. The van der Waals surface area contributed by atoms with Crippen LogP contribution in [0.2, 0.25) is 0 Å². The molecule has 2 N–H and O–H groups in total. The van der Waals surface area contributed by atoms with Gasteiger partial charge < -0.3 is 20.3 Å². The van der Waals surface area contributed by atoms with Gasteiger partial charge in [0.1, 0.15) is 5.75 Å². The van der Waals surface area contributed by atoms with Crippen LogP contribution in [0, 0.1) is 10.1 Å². The van der Waals surface area contributed by atoms with Crippen molar-refractivity contribution >= 4 is 34.7 Å². The van der Waals surface area contributed by atoms with Gasteiger partial charge in [-0.25, -0.2) is 9.79 Å². The molecule has 0 radical (unpaired) electrons. The molecule has 0 aliphatic carbocycles. The third-order valence-corrected chi connectivity index (χ3v) is 5.30. The molecular formula is C24H21N5O5. The molecule has 172 valence electrons. The van der Waals surface area contributed by atoms with Crippen molar-refractivity contribution in [1.82, 2.24) is 5.32 Å². The first-order chi connectivity index (χ1) is 16.4. The zero-order chi connectivity index (χ0) is 24.2. The molecule has 3 aromatic carbocycles. The Morgan fingerprint density at radius 3 is 2.50 bits per heavy atom. The van der Waals surface area contributed by atoms with Gasteiger partial charge in [-0.1, -0.05) is 48.5 Å². The number of hydrogen-bond acceptors (Lipinski definition) is 6. The van der Waals surface area contributed by atoms with Crippen LogP contribution in [0.1, 0.15) is 11.1 Å². The third kappa shape index (κ3) is 4.42. The van der Waals surface area contributed by atoms with E-state index in [1.807, 2.05) is 54.6 Å². The van der Waals surface area contributed by atoms with E-state index >= 15 is 0 Å². The van der Waals surface area contributed by atoms with Crippen LogP contribution in [0.25, 0.3) is 0 Å². The van der Waals surface area contributed by atoms with Crippen LogP contribution >= 0.6 is 0 Å². The fourth-order valence-electron chi connectivity index (χ4n) is 3.63. The molecule has 0 spiro atoms. The number of benzodiazepines with no additional fused rings is 1. The van der Waals surface area contributed by atoms with Crippen molar-refractivity contribution < 1.29 is 19.2 Å². The monoisotopic (exact) mass is 459 g/mol. The number of non-ortho nitro benzene ring substituents is 1. The maximum absolute atomic E-state index is 13.2. The van der Waals surface area contributed by atoms with Gasteiger partial charge >= 0.3 is 6.03 Å². The first-order valence-electron chi connectivity index (χ1n) is 10.3. The van der Waals surface area contributed by atoms with Crippen LogP contribution in [0.4, 0.5) is 21.9 Å². The molecule has 4 rings (SSSR count). The fraction of sp³-hybridized carbons (Fsp3) is 0.125. The Balaban J connectivity index is 1.68. The van der Waals surface area contributed by atoms with Crippen molar-refractivity contribution in [3.8, 4) is 5.75 Å². The molecule has 34 heavy (non-hydrogen) atoms. The predicted octanol–water partition coefficient (Wildman–Crippen LogP) is 3.57. The number of nitro groups is 1. The van der Waals surface area contributed by atoms with Gasteiger partial charge in [-0.3, -0.25) is 14.9 Å². The average molecular weight is 459 g/mol. The molecule has 0 saturated carbocycles. The number of benzene rings is 3. The molecule has 1 atom stereocenters. The zero-order valence-corrected chi connectivity index (χ0v) is 18.4. The molecule has 0 saturated heterocycles. The second-order valence-electron chi connectivity index (χ2n) is 7.40. The highest BCUT2D eigenvalue weighted by atomic mass is 16.6. The summed E-state index contributed by atoms with van der Waals surface area (Å²) >= 11 is 0. The van der Waals surface area contributed by atoms with Gasteiger partial charge in [0.15, 0.2) is 0 Å². The number of nitrogens with one attached hydrogen (secondary N) is 2. The van der Waals surface area contributed by atoms with Gasteiger partial charge in [-0.05, 0) is 12.1 Å². The van der Waals surface area contributed by atoms with Crippen molar-refractivity contribution in [2.75, 3.05) is 24.4 Å². The van der Waals surface area contributed by atoms with Gasteiger partial charge in [0, 0.05) is 30.3 Å². The standard InChI is InChI=1S/C24H21N5O5/c1-28-19-11-7-6-10-17(19)21(15-8-4-3-5-9-15)26-22(23(28)30)27-24(31)25-18-14-16(29(32)33)12-13-20(18)34-2/h3-14,22H,1-2H3,(H2,25,27,31)/t22-/m0/s1. The molecule has 1 heterocycles. The molecule has 0 unspecified atom stereocenters.